The number of para-hydroxylation sites is 1. The predicted octanol–water partition coefficient (Wildman–Crippen LogP) is 3.98. The molecule has 2 aliphatic rings. The van der Waals surface area contributed by atoms with Crippen molar-refractivity contribution >= 4 is 11.8 Å². The van der Waals surface area contributed by atoms with Crippen LogP contribution in [0.1, 0.15) is 43.2 Å². The van der Waals surface area contributed by atoms with Gasteiger partial charge >= 0.3 is 0 Å². The molecule has 0 spiro atoms. The monoisotopic (exact) mass is 404 g/mol. The van der Waals surface area contributed by atoms with Gasteiger partial charge in [-0.2, -0.15) is 0 Å². The number of hydrogen-bond donors (Lipinski definition) is 1. The molecule has 0 bridgehead atoms. The first-order chi connectivity index (χ1) is 14.7. The summed E-state index contributed by atoms with van der Waals surface area (Å²) in [6.07, 6.45) is 4.26. The Morgan fingerprint density at radius 3 is 2.67 bits per heavy atom. The van der Waals surface area contributed by atoms with Gasteiger partial charge in [0.05, 0.1) is 19.6 Å². The summed E-state index contributed by atoms with van der Waals surface area (Å²) < 4.78 is 5.35. The van der Waals surface area contributed by atoms with Crippen molar-refractivity contribution in [3.05, 3.63) is 76.9 Å². The highest BCUT2D eigenvalue weighted by atomic mass is 16.5. The molecule has 2 amide bonds. The van der Waals surface area contributed by atoms with E-state index >= 15 is 0 Å². The Labute approximate surface area is 177 Å². The van der Waals surface area contributed by atoms with Gasteiger partial charge in [0.2, 0.25) is 5.91 Å². The average Bonchev–Trinajstić information content (AvgIpc) is 3.04. The molecule has 4 rings (SSSR count). The molecule has 156 valence electrons. The van der Waals surface area contributed by atoms with E-state index in [1.54, 1.807) is 7.11 Å². The van der Waals surface area contributed by atoms with Crippen LogP contribution in [-0.4, -0.2) is 29.9 Å². The van der Waals surface area contributed by atoms with Gasteiger partial charge < -0.3 is 15.0 Å². The molecule has 0 saturated heterocycles. The highest BCUT2D eigenvalue weighted by Crippen LogP contribution is 2.38. The fourth-order valence-corrected chi connectivity index (χ4v) is 4.56. The summed E-state index contributed by atoms with van der Waals surface area (Å²) in [6.45, 7) is 0.983. The molecule has 0 aromatic heterocycles. The number of methoxy groups -OCH3 is 1. The van der Waals surface area contributed by atoms with Crippen LogP contribution < -0.4 is 10.1 Å². The van der Waals surface area contributed by atoms with Crippen LogP contribution in [0.5, 0.6) is 5.75 Å². The predicted molar refractivity (Wildman–Crippen MR) is 116 cm³/mol. The van der Waals surface area contributed by atoms with Gasteiger partial charge in [-0.1, -0.05) is 55.0 Å². The maximum absolute atomic E-state index is 13.3. The van der Waals surface area contributed by atoms with E-state index in [-0.39, 0.29) is 24.3 Å². The Morgan fingerprint density at radius 1 is 1.10 bits per heavy atom. The van der Waals surface area contributed by atoms with Crippen molar-refractivity contribution in [3.63, 3.8) is 0 Å². The van der Waals surface area contributed by atoms with E-state index in [0.717, 1.165) is 42.6 Å². The Hall–Kier alpha value is -3.08. The number of nitrogens with one attached hydrogen (secondary N) is 1. The molecule has 1 unspecified atom stereocenters. The lowest BCUT2D eigenvalue weighted by Gasteiger charge is -2.30. The molecule has 1 N–H and O–H groups in total. The Morgan fingerprint density at radius 2 is 1.87 bits per heavy atom. The molecule has 0 radical (unpaired) electrons. The first-order valence-corrected chi connectivity index (χ1v) is 10.6. The van der Waals surface area contributed by atoms with Crippen LogP contribution in [0, 0.1) is 0 Å². The van der Waals surface area contributed by atoms with Gasteiger partial charge in [0.1, 0.15) is 5.75 Å². The summed E-state index contributed by atoms with van der Waals surface area (Å²) in [5, 5.41) is 2.96. The largest absolute Gasteiger partial charge is 0.496 e. The highest BCUT2D eigenvalue weighted by Gasteiger charge is 2.40. The number of hydrogen-bond acceptors (Lipinski definition) is 3. The fourth-order valence-electron chi connectivity index (χ4n) is 4.56. The first kappa shape index (κ1) is 20.2. The van der Waals surface area contributed by atoms with E-state index in [1.807, 2.05) is 59.5 Å². The van der Waals surface area contributed by atoms with E-state index in [4.69, 9.17) is 4.74 Å². The molecule has 5 nitrogen and oxygen atoms in total. The van der Waals surface area contributed by atoms with E-state index in [2.05, 4.69) is 5.32 Å². The number of rotatable bonds is 7. The van der Waals surface area contributed by atoms with E-state index < -0.39 is 0 Å². The van der Waals surface area contributed by atoms with Crippen molar-refractivity contribution in [2.75, 3.05) is 7.11 Å². The minimum absolute atomic E-state index is 0.0215. The third-order valence-corrected chi connectivity index (χ3v) is 6.06. The second-order valence-corrected chi connectivity index (χ2v) is 7.95. The maximum atomic E-state index is 13.3. The second kappa shape index (κ2) is 9.16. The van der Waals surface area contributed by atoms with Gasteiger partial charge in [-0.15, -0.1) is 0 Å². The summed E-state index contributed by atoms with van der Waals surface area (Å²) in [5.74, 6) is 0.647. The van der Waals surface area contributed by atoms with Crippen LogP contribution in [0.2, 0.25) is 0 Å². The number of fused-ring (bicyclic) bond motifs is 1. The van der Waals surface area contributed by atoms with Crippen LogP contribution >= 0.6 is 0 Å². The van der Waals surface area contributed by atoms with Gasteiger partial charge in [0.25, 0.3) is 5.91 Å². The molecule has 2 aromatic rings. The molecular weight excluding hydrogens is 376 g/mol. The van der Waals surface area contributed by atoms with Crippen molar-refractivity contribution in [3.8, 4) is 5.75 Å². The minimum Gasteiger partial charge on any atom is -0.496 e. The summed E-state index contributed by atoms with van der Waals surface area (Å²) in [4.78, 5) is 27.9. The smallest absolute Gasteiger partial charge is 0.251 e. The SMILES string of the molecule is COc1ccccc1CNC(=O)CC1=C2CCCCC2N(Cc2ccccc2)C1=O. The summed E-state index contributed by atoms with van der Waals surface area (Å²) in [7, 11) is 1.62. The van der Waals surface area contributed by atoms with Gasteiger partial charge in [0.15, 0.2) is 0 Å². The summed E-state index contributed by atoms with van der Waals surface area (Å²) in [6, 6.07) is 17.8. The molecule has 1 atom stereocenters. The van der Waals surface area contributed by atoms with Crippen LogP contribution in [0.15, 0.2) is 65.7 Å². The molecule has 1 fully saturated rings. The van der Waals surface area contributed by atoms with Crippen molar-refractivity contribution in [2.45, 2.75) is 51.2 Å². The lowest BCUT2D eigenvalue weighted by atomic mass is 9.88. The number of amides is 2. The normalized spacial score (nSPS) is 18.4. The van der Waals surface area contributed by atoms with Gasteiger partial charge in [-0.25, -0.2) is 0 Å². The zero-order chi connectivity index (χ0) is 20.9. The number of carbonyl (C=O) groups is 2. The Kier molecular flexibility index (Phi) is 6.17. The zero-order valence-corrected chi connectivity index (χ0v) is 17.4. The summed E-state index contributed by atoms with van der Waals surface area (Å²) in [5.41, 5.74) is 3.92. The standard InChI is InChI=1S/C25H28N2O3/c1-30-23-14-8-5-11-19(23)16-26-24(28)15-21-20-12-6-7-13-22(20)27(25(21)29)17-18-9-3-2-4-10-18/h2-5,8-11,14,22H,6-7,12-13,15-17H2,1H3,(H,26,28). The van der Waals surface area contributed by atoms with Crippen molar-refractivity contribution in [1.82, 2.24) is 10.2 Å². The number of benzene rings is 2. The van der Waals surface area contributed by atoms with Crippen LogP contribution in [0.4, 0.5) is 0 Å². The van der Waals surface area contributed by atoms with Gasteiger partial charge in [-0.05, 0) is 36.5 Å². The molecule has 5 heteroatoms. The fraction of sp³-hybridized carbons (Fsp3) is 0.360. The van der Waals surface area contributed by atoms with Crippen LogP contribution in [0.25, 0.3) is 0 Å². The van der Waals surface area contributed by atoms with Gasteiger partial charge in [-0.3, -0.25) is 9.59 Å². The van der Waals surface area contributed by atoms with E-state index in [0.29, 0.717) is 18.7 Å². The maximum Gasteiger partial charge on any atom is 0.251 e. The van der Waals surface area contributed by atoms with Crippen LogP contribution in [0.3, 0.4) is 0 Å². The van der Waals surface area contributed by atoms with E-state index in [9.17, 15) is 9.59 Å². The lowest BCUT2D eigenvalue weighted by Crippen LogP contribution is -2.36. The number of ether oxygens (including phenoxy) is 1. The lowest BCUT2D eigenvalue weighted by molar-refractivity contribution is -0.129. The molecule has 1 aliphatic carbocycles. The van der Waals surface area contributed by atoms with Crippen molar-refractivity contribution in [1.29, 1.82) is 0 Å². The zero-order valence-electron chi connectivity index (χ0n) is 17.4. The second-order valence-electron chi connectivity index (χ2n) is 7.95. The first-order valence-electron chi connectivity index (χ1n) is 10.6. The quantitative estimate of drug-likeness (QED) is 0.759. The topological polar surface area (TPSA) is 58.6 Å². The molecule has 1 aliphatic heterocycles. The molecule has 30 heavy (non-hydrogen) atoms. The highest BCUT2D eigenvalue weighted by molar-refractivity contribution is 6.02. The molecule has 1 saturated carbocycles. The van der Waals surface area contributed by atoms with E-state index in [1.165, 1.54) is 5.57 Å². The Bertz CT molecular complexity index is 952. The third kappa shape index (κ3) is 4.25. The van der Waals surface area contributed by atoms with Crippen LogP contribution in [-0.2, 0) is 22.7 Å². The third-order valence-electron chi connectivity index (χ3n) is 6.06. The van der Waals surface area contributed by atoms with Gasteiger partial charge in [0, 0.05) is 24.2 Å². The number of carbonyl (C=O) groups excluding carboxylic acids is 2. The number of nitrogens with zero attached hydrogens (tertiary/aromatic N) is 1. The molecule has 2 aromatic carbocycles. The molecular formula is C25H28N2O3. The Balaban J connectivity index is 1.45. The minimum atomic E-state index is -0.123. The summed E-state index contributed by atoms with van der Waals surface area (Å²) >= 11 is 0. The molecule has 1 heterocycles. The van der Waals surface area contributed by atoms with Crippen molar-refractivity contribution < 1.29 is 14.3 Å². The van der Waals surface area contributed by atoms with Crippen molar-refractivity contribution in [2.24, 2.45) is 0 Å². The average molecular weight is 405 g/mol.